The molecule has 1 N–H and O–H groups in total. The third-order valence-corrected chi connectivity index (χ3v) is 6.18. The molecule has 0 aliphatic heterocycles. The van der Waals surface area contributed by atoms with Gasteiger partial charge in [0.05, 0.1) is 33.6 Å². The van der Waals surface area contributed by atoms with E-state index in [0.717, 1.165) is 22.4 Å². The molecule has 1 aromatic heterocycles. The molecule has 5 rings (SSSR count). The fourth-order valence-corrected chi connectivity index (χ4v) is 4.53. The Morgan fingerprint density at radius 1 is 0.846 bits per heavy atom. The quantitative estimate of drug-likeness (QED) is 0.179. The molecule has 0 radical (unpaired) electrons. The van der Waals surface area contributed by atoms with Gasteiger partial charge in [0.2, 0.25) is 0 Å². The molecule has 0 saturated heterocycles. The number of hydrogen-bond donors (Lipinski definition) is 1. The number of nitrogens with zero attached hydrogens (tertiary/aromatic N) is 3. The molecular weight excluding hydrogens is 492 g/mol. The number of aryl methyl sites for hydroxylation is 2. The van der Waals surface area contributed by atoms with Gasteiger partial charge in [0.25, 0.3) is 11.6 Å². The van der Waals surface area contributed by atoms with Crippen LogP contribution in [0.1, 0.15) is 27.2 Å². The van der Waals surface area contributed by atoms with Crippen LogP contribution in [-0.4, -0.2) is 20.6 Å². The van der Waals surface area contributed by atoms with Crippen LogP contribution in [0.4, 0.5) is 11.4 Å². The van der Waals surface area contributed by atoms with Crippen molar-refractivity contribution in [2.45, 2.75) is 20.8 Å². The summed E-state index contributed by atoms with van der Waals surface area (Å²) in [5.41, 5.74) is 5.14. The van der Waals surface area contributed by atoms with Gasteiger partial charge in [0.15, 0.2) is 0 Å². The van der Waals surface area contributed by atoms with Crippen molar-refractivity contribution < 1.29 is 14.5 Å². The SMILES string of the molecule is Cc1cc(C)cc(Oc2cc(NC(=O)c3c(-c4ccccc4)nn(-c4ccccc4)c3C)cc([N+](=O)[O-])c2)c1. The summed E-state index contributed by atoms with van der Waals surface area (Å²) in [6.07, 6.45) is 0. The normalized spacial score (nSPS) is 10.7. The predicted molar refractivity (Wildman–Crippen MR) is 151 cm³/mol. The number of nitro benzene ring substituents is 1. The Bertz CT molecular complexity index is 1660. The molecule has 0 bridgehead atoms. The molecule has 8 nitrogen and oxygen atoms in total. The van der Waals surface area contributed by atoms with Gasteiger partial charge in [-0.2, -0.15) is 5.10 Å². The van der Waals surface area contributed by atoms with E-state index >= 15 is 0 Å². The van der Waals surface area contributed by atoms with E-state index in [0.29, 0.717) is 22.7 Å². The number of carbonyl (C=O) groups excluding carboxylic acids is 1. The molecule has 39 heavy (non-hydrogen) atoms. The molecule has 0 fully saturated rings. The van der Waals surface area contributed by atoms with Crippen molar-refractivity contribution >= 4 is 17.3 Å². The molecule has 0 aliphatic carbocycles. The summed E-state index contributed by atoms with van der Waals surface area (Å²) < 4.78 is 7.69. The summed E-state index contributed by atoms with van der Waals surface area (Å²) in [6.45, 7) is 5.71. The van der Waals surface area contributed by atoms with E-state index in [4.69, 9.17) is 9.84 Å². The average Bonchev–Trinajstić information content (AvgIpc) is 3.26. The molecule has 0 unspecified atom stereocenters. The Kier molecular flexibility index (Phi) is 6.93. The maximum absolute atomic E-state index is 13.7. The predicted octanol–water partition coefficient (Wildman–Crippen LogP) is 7.42. The van der Waals surface area contributed by atoms with Gasteiger partial charge in [-0.05, 0) is 56.2 Å². The van der Waals surface area contributed by atoms with Crippen LogP contribution in [-0.2, 0) is 0 Å². The Balaban J connectivity index is 1.54. The number of nitrogens with one attached hydrogen (secondary N) is 1. The van der Waals surface area contributed by atoms with Crippen molar-refractivity contribution in [2.75, 3.05) is 5.32 Å². The number of rotatable bonds is 7. The molecular formula is C31H26N4O4. The Hall–Kier alpha value is -5.24. The number of anilines is 1. The van der Waals surface area contributed by atoms with Gasteiger partial charge in [-0.15, -0.1) is 0 Å². The minimum absolute atomic E-state index is 0.202. The highest BCUT2D eigenvalue weighted by molar-refractivity contribution is 6.09. The molecule has 0 spiro atoms. The maximum atomic E-state index is 13.7. The first-order valence-electron chi connectivity index (χ1n) is 12.4. The van der Waals surface area contributed by atoms with E-state index in [1.54, 1.807) is 10.7 Å². The van der Waals surface area contributed by atoms with Crippen LogP contribution >= 0.6 is 0 Å². The molecule has 194 valence electrons. The first-order valence-corrected chi connectivity index (χ1v) is 12.4. The lowest BCUT2D eigenvalue weighted by Crippen LogP contribution is -2.14. The van der Waals surface area contributed by atoms with E-state index in [9.17, 15) is 14.9 Å². The number of nitro groups is 1. The van der Waals surface area contributed by atoms with Gasteiger partial charge >= 0.3 is 0 Å². The van der Waals surface area contributed by atoms with Gasteiger partial charge in [-0.1, -0.05) is 54.6 Å². The molecule has 5 aromatic rings. The molecule has 0 aliphatic rings. The zero-order chi connectivity index (χ0) is 27.5. The number of ether oxygens (including phenoxy) is 1. The van der Waals surface area contributed by atoms with E-state index in [2.05, 4.69) is 5.32 Å². The highest BCUT2D eigenvalue weighted by atomic mass is 16.6. The summed E-state index contributed by atoms with van der Waals surface area (Å²) in [5, 5.41) is 19.3. The van der Waals surface area contributed by atoms with Crippen molar-refractivity contribution in [1.82, 2.24) is 9.78 Å². The van der Waals surface area contributed by atoms with E-state index in [1.165, 1.54) is 12.1 Å². The Morgan fingerprint density at radius 3 is 2.10 bits per heavy atom. The monoisotopic (exact) mass is 518 g/mol. The minimum atomic E-state index is -0.516. The number of aromatic nitrogens is 2. The summed E-state index contributed by atoms with van der Waals surface area (Å²) >= 11 is 0. The van der Waals surface area contributed by atoms with Crippen LogP contribution in [0.3, 0.4) is 0 Å². The second-order valence-electron chi connectivity index (χ2n) is 9.27. The van der Waals surface area contributed by atoms with Crippen LogP contribution in [0.25, 0.3) is 16.9 Å². The highest BCUT2D eigenvalue weighted by Crippen LogP contribution is 2.32. The third-order valence-electron chi connectivity index (χ3n) is 6.18. The largest absolute Gasteiger partial charge is 0.457 e. The van der Waals surface area contributed by atoms with E-state index in [-0.39, 0.29) is 17.1 Å². The topological polar surface area (TPSA) is 99.3 Å². The summed E-state index contributed by atoms with van der Waals surface area (Å²) in [5.74, 6) is 0.354. The molecule has 0 saturated carbocycles. The number of para-hydroxylation sites is 1. The summed E-state index contributed by atoms with van der Waals surface area (Å²) in [6, 6.07) is 28.9. The summed E-state index contributed by atoms with van der Waals surface area (Å²) in [7, 11) is 0. The molecule has 4 aromatic carbocycles. The molecule has 1 amide bonds. The van der Waals surface area contributed by atoms with Gasteiger partial charge < -0.3 is 10.1 Å². The third kappa shape index (κ3) is 5.55. The van der Waals surface area contributed by atoms with Crippen LogP contribution in [0.2, 0.25) is 0 Å². The van der Waals surface area contributed by atoms with Crippen LogP contribution in [0, 0.1) is 30.9 Å². The van der Waals surface area contributed by atoms with Crippen LogP contribution in [0.15, 0.2) is 97.1 Å². The van der Waals surface area contributed by atoms with E-state index < -0.39 is 10.8 Å². The lowest BCUT2D eigenvalue weighted by Gasteiger charge is -2.11. The maximum Gasteiger partial charge on any atom is 0.275 e. The average molecular weight is 519 g/mol. The van der Waals surface area contributed by atoms with Gasteiger partial charge in [0, 0.05) is 17.7 Å². The van der Waals surface area contributed by atoms with E-state index in [1.807, 2.05) is 99.6 Å². The molecule has 1 heterocycles. The first kappa shape index (κ1) is 25.4. The van der Waals surface area contributed by atoms with Crippen LogP contribution in [0.5, 0.6) is 11.5 Å². The second-order valence-corrected chi connectivity index (χ2v) is 9.27. The van der Waals surface area contributed by atoms with Gasteiger partial charge in [-0.25, -0.2) is 4.68 Å². The number of hydrogen-bond acceptors (Lipinski definition) is 5. The second kappa shape index (κ2) is 10.6. The van der Waals surface area contributed by atoms with Gasteiger partial charge in [0.1, 0.15) is 17.2 Å². The van der Waals surface area contributed by atoms with Crippen molar-refractivity contribution in [3.63, 3.8) is 0 Å². The van der Waals surface area contributed by atoms with Crippen molar-refractivity contribution in [3.8, 4) is 28.4 Å². The van der Waals surface area contributed by atoms with Crippen molar-refractivity contribution in [3.05, 3.63) is 130 Å². The number of amides is 1. The lowest BCUT2D eigenvalue weighted by molar-refractivity contribution is -0.384. The Labute approximate surface area is 225 Å². The van der Waals surface area contributed by atoms with Crippen molar-refractivity contribution in [2.24, 2.45) is 0 Å². The van der Waals surface area contributed by atoms with Crippen molar-refractivity contribution in [1.29, 1.82) is 0 Å². The zero-order valence-electron chi connectivity index (χ0n) is 21.7. The molecule has 0 atom stereocenters. The number of non-ortho nitro benzene ring substituents is 1. The standard InChI is InChI=1S/C31H26N4O4/c1-20-14-21(2)16-27(15-20)39-28-18-24(17-26(19-28)35(37)38)32-31(36)29-22(3)34(25-12-8-5-9-13-25)33-30(29)23-10-6-4-7-11-23/h4-19H,1-3H3,(H,32,36). The minimum Gasteiger partial charge on any atom is -0.457 e. The highest BCUT2D eigenvalue weighted by Gasteiger charge is 2.24. The van der Waals surface area contributed by atoms with Gasteiger partial charge in [-0.3, -0.25) is 14.9 Å². The fraction of sp³-hybridized carbons (Fsp3) is 0.0968. The van der Waals surface area contributed by atoms with Crippen LogP contribution < -0.4 is 10.1 Å². The number of carbonyl (C=O) groups is 1. The smallest absolute Gasteiger partial charge is 0.275 e. The summed E-state index contributed by atoms with van der Waals surface area (Å²) in [4.78, 5) is 24.9. The number of benzene rings is 4. The zero-order valence-corrected chi connectivity index (χ0v) is 21.7. The lowest BCUT2D eigenvalue weighted by atomic mass is 10.1. The Morgan fingerprint density at radius 2 is 1.46 bits per heavy atom. The fourth-order valence-electron chi connectivity index (χ4n) is 4.53. The molecule has 8 heteroatoms. The first-order chi connectivity index (χ1) is 18.8.